The van der Waals surface area contributed by atoms with Gasteiger partial charge in [0.25, 0.3) is 0 Å². The van der Waals surface area contributed by atoms with Crippen molar-refractivity contribution in [3.63, 3.8) is 0 Å². The molecule has 1 heterocycles. The van der Waals surface area contributed by atoms with Gasteiger partial charge in [-0.15, -0.1) is 0 Å². The monoisotopic (exact) mass is 258 g/mol. The minimum Gasteiger partial charge on any atom is -0.383 e. The predicted molar refractivity (Wildman–Crippen MR) is 75.1 cm³/mol. The minimum absolute atomic E-state index is 0.681. The van der Waals surface area contributed by atoms with E-state index < -0.39 is 0 Å². The Morgan fingerprint density at radius 1 is 1.22 bits per heavy atom. The van der Waals surface area contributed by atoms with Crippen LogP contribution in [-0.4, -0.2) is 64.1 Å². The van der Waals surface area contributed by atoms with Crippen molar-refractivity contribution in [3.05, 3.63) is 0 Å². The molecule has 1 aliphatic rings. The van der Waals surface area contributed by atoms with E-state index in [9.17, 15) is 0 Å². The second-order valence-corrected chi connectivity index (χ2v) is 4.99. The number of nitrogens with one attached hydrogen (secondary N) is 1. The van der Waals surface area contributed by atoms with Gasteiger partial charge in [0.1, 0.15) is 0 Å². The lowest BCUT2D eigenvalue weighted by Gasteiger charge is -2.35. The third-order valence-corrected chi connectivity index (χ3v) is 3.48. The van der Waals surface area contributed by atoms with Crippen LogP contribution in [0.15, 0.2) is 0 Å². The number of hydrogen-bond acceptors (Lipinski definition) is 4. The van der Waals surface area contributed by atoms with Crippen molar-refractivity contribution < 1.29 is 9.47 Å². The molecule has 1 unspecified atom stereocenters. The molecule has 1 rings (SSSR count). The van der Waals surface area contributed by atoms with Crippen LogP contribution in [0.2, 0.25) is 0 Å². The minimum atomic E-state index is 0.681. The van der Waals surface area contributed by atoms with Gasteiger partial charge in [0.15, 0.2) is 0 Å². The third-order valence-electron chi connectivity index (χ3n) is 3.48. The van der Waals surface area contributed by atoms with E-state index in [1.165, 1.54) is 25.8 Å². The van der Waals surface area contributed by atoms with Crippen LogP contribution in [0.3, 0.4) is 0 Å². The van der Waals surface area contributed by atoms with Gasteiger partial charge in [0.05, 0.1) is 13.2 Å². The maximum absolute atomic E-state index is 5.59. The molecule has 0 spiro atoms. The predicted octanol–water partition coefficient (Wildman–Crippen LogP) is 1.50. The number of piperidine rings is 1. The molecular formula is C14H30N2O2. The fraction of sp³-hybridized carbons (Fsp3) is 1.00. The molecule has 4 nitrogen and oxygen atoms in total. The number of likely N-dealkylation sites (tertiary alicyclic amines) is 1. The molecule has 0 amide bonds. The maximum atomic E-state index is 5.59. The Hall–Kier alpha value is -0.160. The normalized spacial score (nSPS) is 21.3. The molecule has 0 aromatic carbocycles. The fourth-order valence-electron chi connectivity index (χ4n) is 2.46. The van der Waals surface area contributed by atoms with Gasteiger partial charge in [-0.1, -0.05) is 13.3 Å². The summed E-state index contributed by atoms with van der Waals surface area (Å²) >= 11 is 0. The van der Waals surface area contributed by atoms with Crippen molar-refractivity contribution >= 4 is 0 Å². The third kappa shape index (κ3) is 6.69. The van der Waals surface area contributed by atoms with Crippen molar-refractivity contribution in [1.82, 2.24) is 10.2 Å². The van der Waals surface area contributed by atoms with Gasteiger partial charge in [-0.3, -0.25) is 4.90 Å². The van der Waals surface area contributed by atoms with Crippen LogP contribution in [0.25, 0.3) is 0 Å². The van der Waals surface area contributed by atoms with E-state index in [1.807, 2.05) is 0 Å². The Bertz CT molecular complexity index is 171. The first kappa shape index (κ1) is 15.9. The molecule has 0 aliphatic carbocycles. The van der Waals surface area contributed by atoms with Crippen LogP contribution in [-0.2, 0) is 9.47 Å². The molecule has 0 aromatic rings. The van der Waals surface area contributed by atoms with Crippen LogP contribution in [0.1, 0.15) is 32.6 Å². The van der Waals surface area contributed by atoms with Crippen LogP contribution < -0.4 is 5.32 Å². The highest BCUT2D eigenvalue weighted by Gasteiger charge is 2.21. The highest BCUT2D eigenvalue weighted by atomic mass is 16.5. The van der Waals surface area contributed by atoms with E-state index in [0.29, 0.717) is 6.04 Å². The van der Waals surface area contributed by atoms with E-state index in [2.05, 4.69) is 17.1 Å². The molecule has 0 aromatic heterocycles. The second-order valence-electron chi connectivity index (χ2n) is 4.99. The first-order chi connectivity index (χ1) is 8.88. The molecular weight excluding hydrogens is 228 g/mol. The molecule has 108 valence electrons. The average molecular weight is 258 g/mol. The smallest absolute Gasteiger partial charge is 0.0593 e. The zero-order chi connectivity index (χ0) is 13.1. The lowest BCUT2D eigenvalue weighted by atomic mass is 10.0. The Morgan fingerprint density at radius 3 is 2.89 bits per heavy atom. The maximum Gasteiger partial charge on any atom is 0.0593 e. The van der Waals surface area contributed by atoms with Crippen LogP contribution in [0.4, 0.5) is 0 Å². The molecule has 0 radical (unpaired) electrons. The van der Waals surface area contributed by atoms with E-state index >= 15 is 0 Å². The Balaban J connectivity index is 2.15. The molecule has 1 N–H and O–H groups in total. The summed E-state index contributed by atoms with van der Waals surface area (Å²) in [5, 5.41) is 3.48. The molecule has 1 atom stereocenters. The van der Waals surface area contributed by atoms with Crippen molar-refractivity contribution in [2.45, 2.75) is 38.6 Å². The van der Waals surface area contributed by atoms with Gasteiger partial charge in [-0.25, -0.2) is 0 Å². The van der Waals surface area contributed by atoms with E-state index in [4.69, 9.17) is 9.47 Å². The molecule has 1 fully saturated rings. The Kier molecular flexibility index (Phi) is 9.48. The van der Waals surface area contributed by atoms with Crippen LogP contribution in [0.5, 0.6) is 0 Å². The molecule has 18 heavy (non-hydrogen) atoms. The van der Waals surface area contributed by atoms with E-state index in [0.717, 1.165) is 45.9 Å². The zero-order valence-corrected chi connectivity index (χ0v) is 12.1. The topological polar surface area (TPSA) is 33.7 Å². The first-order valence-electron chi connectivity index (χ1n) is 7.40. The number of hydrogen-bond donors (Lipinski definition) is 1. The Morgan fingerprint density at radius 2 is 2.11 bits per heavy atom. The fourth-order valence-corrected chi connectivity index (χ4v) is 2.46. The summed E-state index contributed by atoms with van der Waals surface area (Å²) in [5.41, 5.74) is 0. The van der Waals surface area contributed by atoms with Gasteiger partial charge in [-0.05, 0) is 25.8 Å². The molecule has 0 saturated carbocycles. The molecule has 4 heteroatoms. The first-order valence-corrected chi connectivity index (χ1v) is 7.40. The summed E-state index contributed by atoms with van der Waals surface area (Å²) in [6.45, 7) is 9.07. The lowest BCUT2D eigenvalue weighted by Crippen LogP contribution is -2.47. The van der Waals surface area contributed by atoms with Crippen molar-refractivity contribution in [1.29, 1.82) is 0 Å². The average Bonchev–Trinajstić information content (AvgIpc) is 2.41. The standard InChI is InChI=1S/C14H30N2O2/c1-3-10-18-12-9-16-8-5-4-6-14(16)13-15-7-11-17-2/h14-15H,3-13H2,1-2H3. The van der Waals surface area contributed by atoms with Gasteiger partial charge < -0.3 is 14.8 Å². The van der Waals surface area contributed by atoms with Crippen molar-refractivity contribution in [2.24, 2.45) is 0 Å². The summed E-state index contributed by atoms with van der Waals surface area (Å²) in [5.74, 6) is 0. The van der Waals surface area contributed by atoms with Crippen LogP contribution in [0, 0.1) is 0 Å². The number of nitrogens with zero attached hydrogens (tertiary/aromatic N) is 1. The summed E-state index contributed by atoms with van der Waals surface area (Å²) in [6, 6.07) is 0.681. The number of methoxy groups -OCH3 is 1. The van der Waals surface area contributed by atoms with Gasteiger partial charge in [-0.2, -0.15) is 0 Å². The Labute approximate surface area is 112 Å². The zero-order valence-electron chi connectivity index (χ0n) is 12.1. The summed E-state index contributed by atoms with van der Waals surface area (Å²) in [7, 11) is 1.75. The molecule has 0 bridgehead atoms. The highest BCUT2D eigenvalue weighted by molar-refractivity contribution is 4.78. The summed E-state index contributed by atoms with van der Waals surface area (Å²) < 4.78 is 10.6. The second kappa shape index (κ2) is 10.7. The number of rotatable bonds is 10. The summed E-state index contributed by atoms with van der Waals surface area (Å²) in [4.78, 5) is 2.58. The van der Waals surface area contributed by atoms with Gasteiger partial charge in [0.2, 0.25) is 0 Å². The number of ether oxygens (including phenoxy) is 2. The van der Waals surface area contributed by atoms with Gasteiger partial charge in [0, 0.05) is 39.4 Å². The van der Waals surface area contributed by atoms with Crippen molar-refractivity contribution in [3.8, 4) is 0 Å². The van der Waals surface area contributed by atoms with Crippen LogP contribution >= 0.6 is 0 Å². The summed E-state index contributed by atoms with van der Waals surface area (Å²) in [6.07, 6.45) is 5.13. The quantitative estimate of drug-likeness (QED) is 0.602. The van der Waals surface area contributed by atoms with E-state index in [-0.39, 0.29) is 0 Å². The highest BCUT2D eigenvalue weighted by Crippen LogP contribution is 2.15. The van der Waals surface area contributed by atoms with Gasteiger partial charge >= 0.3 is 0 Å². The largest absolute Gasteiger partial charge is 0.383 e. The van der Waals surface area contributed by atoms with E-state index in [1.54, 1.807) is 7.11 Å². The SMILES string of the molecule is CCCOCCN1CCCCC1CNCCOC. The lowest BCUT2D eigenvalue weighted by molar-refractivity contribution is 0.0710. The van der Waals surface area contributed by atoms with Crippen molar-refractivity contribution in [2.75, 3.05) is 53.1 Å². The molecule has 1 saturated heterocycles. The molecule has 1 aliphatic heterocycles.